The standard InChI is InChI=1S/C14H17NO2/c1-9-10(2)13(16)15-12(9)8-17-14(15)11-6-4-3-5-7-11/h3-7,9-10,12,14H,8H2,1-2H3/t9-,10-,12+,14+/m0/s1. The van der Waals surface area contributed by atoms with Gasteiger partial charge < -0.3 is 9.64 Å². The summed E-state index contributed by atoms with van der Waals surface area (Å²) < 4.78 is 5.80. The van der Waals surface area contributed by atoms with Gasteiger partial charge in [0.25, 0.3) is 0 Å². The molecule has 0 aromatic heterocycles. The Labute approximate surface area is 101 Å². The Hall–Kier alpha value is -1.35. The maximum absolute atomic E-state index is 12.2. The first-order chi connectivity index (χ1) is 8.20. The molecule has 0 spiro atoms. The number of benzene rings is 1. The van der Waals surface area contributed by atoms with Crippen molar-refractivity contribution in [3.63, 3.8) is 0 Å². The smallest absolute Gasteiger partial charge is 0.228 e. The Balaban J connectivity index is 1.93. The topological polar surface area (TPSA) is 29.5 Å². The zero-order valence-electron chi connectivity index (χ0n) is 10.2. The number of rotatable bonds is 1. The average Bonchev–Trinajstić information content (AvgIpc) is 2.88. The summed E-state index contributed by atoms with van der Waals surface area (Å²) in [6, 6.07) is 10.2. The van der Waals surface area contributed by atoms with E-state index in [0.717, 1.165) is 5.56 Å². The first kappa shape index (κ1) is 10.8. The SMILES string of the molecule is C[C@H]1[C@H](C)C(=O)N2[C@@H](c3ccccc3)OC[C@H]12. The minimum absolute atomic E-state index is 0.120. The van der Waals surface area contributed by atoms with Crippen molar-refractivity contribution in [2.24, 2.45) is 11.8 Å². The zero-order valence-corrected chi connectivity index (χ0v) is 10.2. The minimum atomic E-state index is -0.180. The van der Waals surface area contributed by atoms with E-state index in [1.165, 1.54) is 0 Å². The van der Waals surface area contributed by atoms with Gasteiger partial charge in [0, 0.05) is 11.5 Å². The number of hydrogen-bond acceptors (Lipinski definition) is 2. The van der Waals surface area contributed by atoms with Crippen LogP contribution in [-0.4, -0.2) is 23.5 Å². The molecule has 2 aliphatic rings. The van der Waals surface area contributed by atoms with Crippen LogP contribution in [-0.2, 0) is 9.53 Å². The van der Waals surface area contributed by atoms with Crippen LogP contribution < -0.4 is 0 Å². The fourth-order valence-corrected chi connectivity index (χ4v) is 2.88. The number of carbonyl (C=O) groups excluding carboxylic acids is 1. The third-order valence-corrected chi connectivity index (χ3v) is 4.16. The molecule has 0 bridgehead atoms. The summed E-state index contributed by atoms with van der Waals surface area (Å²) in [4.78, 5) is 14.2. The van der Waals surface area contributed by atoms with Crippen molar-refractivity contribution >= 4 is 5.91 Å². The summed E-state index contributed by atoms with van der Waals surface area (Å²) in [5.41, 5.74) is 1.07. The van der Waals surface area contributed by atoms with Gasteiger partial charge in [-0.2, -0.15) is 0 Å². The highest BCUT2D eigenvalue weighted by atomic mass is 16.5. The molecular weight excluding hydrogens is 214 g/mol. The van der Waals surface area contributed by atoms with Crippen LogP contribution in [0, 0.1) is 11.8 Å². The molecule has 3 nitrogen and oxygen atoms in total. The molecule has 3 rings (SSSR count). The fraction of sp³-hybridized carbons (Fsp3) is 0.500. The molecule has 2 fully saturated rings. The fourth-order valence-electron chi connectivity index (χ4n) is 2.88. The van der Waals surface area contributed by atoms with E-state index in [9.17, 15) is 4.79 Å². The summed E-state index contributed by atoms with van der Waals surface area (Å²) in [7, 11) is 0. The zero-order chi connectivity index (χ0) is 12.0. The number of fused-ring (bicyclic) bond motifs is 1. The van der Waals surface area contributed by atoms with Crippen LogP contribution in [0.5, 0.6) is 0 Å². The van der Waals surface area contributed by atoms with Gasteiger partial charge in [-0.25, -0.2) is 0 Å². The first-order valence-corrected chi connectivity index (χ1v) is 6.19. The molecule has 0 aliphatic carbocycles. The van der Waals surface area contributed by atoms with Crippen molar-refractivity contribution in [2.45, 2.75) is 26.1 Å². The predicted octanol–water partition coefficient (Wildman–Crippen LogP) is 2.20. The van der Waals surface area contributed by atoms with Gasteiger partial charge in [0.15, 0.2) is 6.23 Å². The van der Waals surface area contributed by atoms with Gasteiger partial charge in [-0.1, -0.05) is 44.2 Å². The van der Waals surface area contributed by atoms with Crippen molar-refractivity contribution in [2.75, 3.05) is 6.61 Å². The van der Waals surface area contributed by atoms with Crippen molar-refractivity contribution < 1.29 is 9.53 Å². The minimum Gasteiger partial charge on any atom is -0.352 e. The Morgan fingerprint density at radius 1 is 1.24 bits per heavy atom. The monoisotopic (exact) mass is 231 g/mol. The average molecular weight is 231 g/mol. The third kappa shape index (κ3) is 1.49. The normalized spacial score (nSPS) is 36.4. The summed E-state index contributed by atoms with van der Waals surface area (Å²) in [5, 5.41) is 0. The molecule has 0 unspecified atom stereocenters. The van der Waals surface area contributed by atoms with E-state index in [-0.39, 0.29) is 24.1 Å². The van der Waals surface area contributed by atoms with Crippen molar-refractivity contribution in [1.82, 2.24) is 4.90 Å². The molecule has 0 saturated carbocycles. The largest absolute Gasteiger partial charge is 0.352 e. The number of nitrogens with zero attached hydrogens (tertiary/aromatic N) is 1. The Morgan fingerprint density at radius 2 is 1.94 bits per heavy atom. The molecule has 2 saturated heterocycles. The maximum Gasteiger partial charge on any atom is 0.228 e. The molecule has 2 aliphatic heterocycles. The number of ether oxygens (including phenoxy) is 1. The van der Waals surface area contributed by atoms with E-state index in [1.54, 1.807) is 0 Å². The summed E-state index contributed by atoms with van der Waals surface area (Å²) >= 11 is 0. The van der Waals surface area contributed by atoms with Gasteiger partial charge in [-0.3, -0.25) is 4.79 Å². The maximum atomic E-state index is 12.2. The summed E-state index contributed by atoms with van der Waals surface area (Å²) in [5.74, 6) is 0.736. The van der Waals surface area contributed by atoms with Crippen LogP contribution in [0.4, 0.5) is 0 Å². The second kappa shape index (κ2) is 3.84. The van der Waals surface area contributed by atoms with Crippen LogP contribution in [0.15, 0.2) is 30.3 Å². The first-order valence-electron chi connectivity index (χ1n) is 6.19. The Kier molecular flexibility index (Phi) is 2.44. The molecule has 3 heteroatoms. The van der Waals surface area contributed by atoms with Crippen LogP contribution in [0.25, 0.3) is 0 Å². The highest BCUT2D eigenvalue weighted by Gasteiger charge is 2.50. The van der Waals surface area contributed by atoms with Crippen LogP contribution >= 0.6 is 0 Å². The molecule has 0 radical (unpaired) electrons. The van der Waals surface area contributed by atoms with Crippen molar-refractivity contribution in [1.29, 1.82) is 0 Å². The van der Waals surface area contributed by atoms with Crippen LogP contribution in [0.3, 0.4) is 0 Å². The molecule has 1 aromatic rings. The van der Waals surface area contributed by atoms with E-state index < -0.39 is 0 Å². The second-order valence-corrected chi connectivity index (χ2v) is 5.06. The lowest BCUT2D eigenvalue weighted by Gasteiger charge is -2.23. The molecule has 1 amide bonds. The molecule has 17 heavy (non-hydrogen) atoms. The van der Waals surface area contributed by atoms with Gasteiger partial charge in [0.2, 0.25) is 5.91 Å². The van der Waals surface area contributed by atoms with E-state index in [2.05, 4.69) is 6.92 Å². The molecule has 2 heterocycles. The van der Waals surface area contributed by atoms with Gasteiger partial charge in [-0.05, 0) is 5.92 Å². The Bertz CT molecular complexity index is 431. The molecule has 0 N–H and O–H groups in total. The van der Waals surface area contributed by atoms with E-state index in [0.29, 0.717) is 12.5 Å². The van der Waals surface area contributed by atoms with E-state index in [4.69, 9.17) is 4.74 Å². The summed E-state index contributed by atoms with van der Waals surface area (Å²) in [6.45, 7) is 4.83. The number of hydrogen-bond donors (Lipinski definition) is 0. The quantitative estimate of drug-likeness (QED) is 0.741. The Morgan fingerprint density at radius 3 is 2.65 bits per heavy atom. The van der Waals surface area contributed by atoms with Crippen LogP contribution in [0.2, 0.25) is 0 Å². The lowest BCUT2D eigenvalue weighted by Crippen LogP contribution is -2.32. The van der Waals surface area contributed by atoms with E-state index >= 15 is 0 Å². The lowest BCUT2D eigenvalue weighted by molar-refractivity contribution is -0.137. The van der Waals surface area contributed by atoms with Crippen molar-refractivity contribution in [3.8, 4) is 0 Å². The van der Waals surface area contributed by atoms with E-state index in [1.807, 2.05) is 42.2 Å². The molecule has 90 valence electrons. The third-order valence-electron chi connectivity index (χ3n) is 4.16. The van der Waals surface area contributed by atoms with Gasteiger partial charge in [0.05, 0.1) is 12.6 Å². The molecule has 1 aromatic carbocycles. The van der Waals surface area contributed by atoms with Crippen LogP contribution in [0.1, 0.15) is 25.6 Å². The molecular formula is C14H17NO2. The van der Waals surface area contributed by atoms with Gasteiger partial charge in [-0.15, -0.1) is 0 Å². The summed E-state index contributed by atoms with van der Waals surface area (Å²) in [6.07, 6.45) is -0.180. The van der Waals surface area contributed by atoms with Gasteiger partial charge >= 0.3 is 0 Å². The molecule has 4 atom stereocenters. The van der Waals surface area contributed by atoms with Crippen molar-refractivity contribution in [3.05, 3.63) is 35.9 Å². The van der Waals surface area contributed by atoms with Gasteiger partial charge in [0.1, 0.15) is 0 Å². The lowest BCUT2D eigenvalue weighted by atomic mass is 9.94. The highest BCUT2D eigenvalue weighted by molar-refractivity contribution is 5.82. The predicted molar refractivity (Wildman–Crippen MR) is 64.1 cm³/mol. The number of carbonyl (C=O) groups is 1. The highest BCUT2D eigenvalue weighted by Crippen LogP contribution is 2.42. The number of amides is 1. The second-order valence-electron chi connectivity index (χ2n) is 5.06.